The van der Waals surface area contributed by atoms with E-state index in [4.69, 9.17) is 26.8 Å². The number of benzene rings is 1. The van der Waals surface area contributed by atoms with Gasteiger partial charge in [0.05, 0.1) is 0 Å². The molecule has 0 spiro atoms. The number of rotatable bonds is 6. The van der Waals surface area contributed by atoms with Gasteiger partial charge in [0.2, 0.25) is 5.91 Å². The molecule has 7 nitrogen and oxygen atoms in total. The number of hydrogen-bond acceptors (Lipinski definition) is 5. The van der Waals surface area contributed by atoms with Gasteiger partial charge in [-0.15, -0.1) is 0 Å². The largest absolute Gasteiger partial charge is 0.479 e. The summed E-state index contributed by atoms with van der Waals surface area (Å²) in [6.07, 6.45) is 0.206. The van der Waals surface area contributed by atoms with Crippen LogP contribution in [0.1, 0.15) is 25.3 Å². The lowest BCUT2D eigenvalue weighted by Gasteiger charge is -2.30. The first kappa shape index (κ1) is 20.0. The van der Waals surface area contributed by atoms with Crippen LogP contribution in [0.4, 0.5) is 0 Å². The number of likely N-dealkylation sites (tertiary alicyclic amines) is 1. The van der Waals surface area contributed by atoms with Gasteiger partial charge in [0.25, 0.3) is 5.91 Å². The SMILES string of the molecule is Cc1cc(Cl)ccc1OC(C)C(=O)OCC(=O)N1CCC(C(N)=O)CC1. The van der Waals surface area contributed by atoms with Crippen LogP contribution in [-0.2, 0) is 19.1 Å². The Morgan fingerprint density at radius 1 is 1.31 bits per heavy atom. The van der Waals surface area contributed by atoms with Crippen molar-refractivity contribution in [2.45, 2.75) is 32.8 Å². The van der Waals surface area contributed by atoms with E-state index < -0.39 is 12.1 Å². The van der Waals surface area contributed by atoms with Crippen LogP contribution in [0.3, 0.4) is 0 Å². The molecule has 1 atom stereocenters. The molecule has 142 valence electrons. The number of piperidine rings is 1. The number of ether oxygens (including phenoxy) is 2. The molecule has 2 N–H and O–H groups in total. The third kappa shape index (κ3) is 5.36. The van der Waals surface area contributed by atoms with Crippen molar-refractivity contribution in [2.75, 3.05) is 19.7 Å². The Labute approximate surface area is 157 Å². The second kappa shape index (κ2) is 8.89. The fraction of sp³-hybridized carbons (Fsp3) is 0.500. The number of halogens is 1. The number of hydrogen-bond donors (Lipinski definition) is 1. The fourth-order valence-electron chi connectivity index (χ4n) is 2.74. The highest BCUT2D eigenvalue weighted by Crippen LogP contribution is 2.23. The number of nitrogens with two attached hydrogens (primary N) is 1. The summed E-state index contributed by atoms with van der Waals surface area (Å²) in [7, 11) is 0. The summed E-state index contributed by atoms with van der Waals surface area (Å²) in [6.45, 7) is 3.88. The van der Waals surface area contributed by atoms with Gasteiger partial charge in [-0.05, 0) is 50.5 Å². The smallest absolute Gasteiger partial charge is 0.347 e. The van der Waals surface area contributed by atoms with Crippen LogP contribution >= 0.6 is 11.6 Å². The fourth-order valence-corrected chi connectivity index (χ4v) is 2.97. The lowest BCUT2D eigenvalue weighted by molar-refractivity contribution is -0.157. The van der Waals surface area contributed by atoms with Crippen molar-refractivity contribution < 1.29 is 23.9 Å². The molecule has 1 aromatic carbocycles. The predicted molar refractivity (Wildman–Crippen MR) is 95.7 cm³/mol. The molecule has 1 fully saturated rings. The lowest BCUT2D eigenvalue weighted by atomic mass is 9.96. The van der Waals surface area contributed by atoms with Crippen LogP contribution in [0.15, 0.2) is 18.2 Å². The first-order chi connectivity index (χ1) is 12.3. The van der Waals surface area contributed by atoms with E-state index in [1.807, 2.05) is 6.92 Å². The molecule has 0 aromatic heterocycles. The Morgan fingerprint density at radius 3 is 2.54 bits per heavy atom. The summed E-state index contributed by atoms with van der Waals surface area (Å²) in [6, 6.07) is 5.07. The highest BCUT2D eigenvalue weighted by molar-refractivity contribution is 6.30. The number of carbonyl (C=O) groups excluding carboxylic acids is 3. The Kier molecular flexibility index (Phi) is 6.85. The first-order valence-electron chi connectivity index (χ1n) is 8.44. The van der Waals surface area contributed by atoms with Crippen LogP contribution < -0.4 is 10.5 Å². The van der Waals surface area contributed by atoms with Crippen molar-refractivity contribution in [3.63, 3.8) is 0 Å². The van der Waals surface area contributed by atoms with Gasteiger partial charge in [-0.3, -0.25) is 9.59 Å². The van der Waals surface area contributed by atoms with E-state index in [0.717, 1.165) is 5.56 Å². The molecule has 2 rings (SSSR count). The average molecular weight is 383 g/mol. The van der Waals surface area contributed by atoms with Gasteiger partial charge in [0.15, 0.2) is 12.7 Å². The molecule has 0 bridgehead atoms. The highest BCUT2D eigenvalue weighted by Gasteiger charge is 2.27. The minimum Gasteiger partial charge on any atom is -0.479 e. The van der Waals surface area contributed by atoms with Crippen LogP contribution in [0.2, 0.25) is 5.02 Å². The quantitative estimate of drug-likeness (QED) is 0.754. The molecule has 2 amide bonds. The molecular formula is C18H23ClN2O5. The summed E-state index contributed by atoms with van der Waals surface area (Å²) >= 11 is 5.89. The highest BCUT2D eigenvalue weighted by atomic mass is 35.5. The van der Waals surface area contributed by atoms with Gasteiger partial charge in [-0.25, -0.2) is 4.79 Å². The molecule has 8 heteroatoms. The zero-order valence-electron chi connectivity index (χ0n) is 14.9. The van der Waals surface area contributed by atoms with Crippen molar-refractivity contribution in [3.05, 3.63) is 28.8 Å². The topological polar surface area (TPSA) is 98.9 Å². The van der Waals surface area contributed by atoms with Crippen LogP contribution in [0, 0.1) is 12.8 Å². The molecule has 1 aliphatic heterocycles. The van der Waals surface area contributed by atoms with Gasteiger partial charge >= 0.3 is 5.97 Å². The van der Waals surface area contributed by atoms with E-state index in [-0.39, 0.29) is 24.3 Å². The molecule has 1 heterocycles. The maximum Gasteiger partial charge on any atom is 0.347 e. The first-order valence-corrected chi connectivity index (χ1v) is 8.82. The monoisotopic (exact) mass is 382 g/mol. The van der Waals surface area contributed by atoms with E-state index >= 15 is 0 Å². The van der Waals surface area contributed by atoms with Gasteiger partial charge in [-0.1, -0.05) is 11.6 Å². The number of carbonyl (C=O) groups is 3. The third-order valence-electron chi connectivity index (χ3n) is 4.36. The third-order valence-corrected chi connectivity index (χ3v) is 4.60. The molecular weight excluding hydrogens is 360 g/mol. The van der Waals surface area contributed by atoms with Crippen LogP contribution in [-0.4, -0.2) is 48.5 Å². The molecule has 1 saturated heterocycles. The predicted octanol–water partition coefficient (Wildman–Crippen LogP) is 1.68. The Morgan fingerprint density at radius 2 is 1.96 bits per heavy atom. The Balaban J connectivity index is 1.78. The van der Waals surface area contributed by atoms with Crippen molar-refractivity contribution >= 4 is 29.4 Å². The molecule has 0 radical (unpaired) electrons. The van der Waals surface area contributed by atoms with Gasteiger partial charge in [0, 0.05) is 24.0 Å². The maximum absolute atomic E-state index is 12.1. The van der Waals surface area contributed by atoms with Crippen LogP contribution in [0.25, 0.3) is 0 Å². The number of aryl methyl sites for hydroxylation is 1. The molecule has 1 unspecified atom stereocenters. The minimum atomic E-state index is -0.858. The summed E-state index contributed by atoms with van der Waals surface area (Å²) < 4.78 is 10.6. The molecule has 1 aliphatic rings. The van der Waals surface area contributed by atoms with E-state index in [9.17, 15) is 14.4 Å². The van der Waals surface area contributed by atoms with E-state index in [2.05, 4.69) is 0 Å². The standard InChI is InChI=1S/C18H23ClN2O5/c1-11-9-14(19)3-4-15(11)26-12(2)18(24)25-10-16(22)21-7-5-13(6-8-21)17(20)23/h3-4,9,12-13H,5-8,10H2,1-2H3,(H2,20,23). The average Bonchev–Trinajstić information content (AvgIpc) is 2.61. The van der Waals surface area contributed by atoms with E-state index in [1.54, 1.807) is 30.0 Å². The summed E-state index contributed by atoms with van der Waals surface area (Å²) in [5.74, 6) is -0.931. The normalized spacial score (nSPS) is 16.0. The van der Waals surface area contributed by atoms with Crippen molar-refractivity contribution in [1.82, 2.24) is 4.90 Å². The number of amides is 2. The lowest BCUT2D eigenvalue weighted by Crippen LogP contribution is -2.43. The number of nitrogens with zero attached hydrogens (tertiary/aromatic N) is 1. The van der Waals surface area contributed by atoms with E-state index in [0.29, 0.717) is 36.7 Å². The molecule has 26 heavy (non-hydrogen) atoms. The van der Waals surface area contributed by atoms with Crippen molar-refractivity contribution in [1.29, 1.82) is 0 Å². The van der Waals surface area contributed by atoms with Crippen molar-refractivity contribution in [2.24, 2.45) is 11.7 Å². The maximum atomic E-state index is 12.1. The van der Waals surface area contributed by atoms with Gasteiger partial charge < -0.3 is 20.1 Å². The second-order valence-electron chi connectivity index (χ2n) is 6.34. The summed E-state index contributed by atoms with van der Waals surface area (Å²) in [5, 5.41) is 0.579. The summed E-state index contributed by atoms with van der Waals surface area (Å²) in [5.41, 5.74) is 6.07. The molecule has 0 saturated carbocycles. The molecule has 0 aliphatic carbocycles. The zero-order valence-corrected chi connectivity index (χ0v) is 15.6. The Bertz CT molecular complexity index is 686. The number of esters is 1. The zero-order chi connectivity index (χ0) is 19.3. The second-order valence-corrected chi connectivity index (χ2v) is 6.77. The van der Waals surface area contributed by atoms with Gasteiger partial charge in [0.1, 0.15) is 5.75 Å². The minimum absolute atomic E-state index is 0.197. The van der Waals surface area contributed by atoms with Gasteiger partial charge in [-0.2, -0.15) is 0 Å². The summed E-state index contributed by atoms with van der Waals surface area (Å²) in [4.78, 5) is 36.9. The van der Waals surface area contributed by atoms with Crippen molar-refractivity contribution in [3.8, 4) is 5.75 Å². The number of primary amides is 1. The molecule has 1 aromatic rings. The van der Waals surface area contributed by atoms with Crippen LogP contribution in [0.5, 0.6) is 5.75 Å². The van der Waals surface area contributed by atoms with E-state index in [1.165, 1.54) is 0 Å². The Hall–Kier alpha value is -2.28.